The van der Waals surface area contributed by atoms with E-state index in [2.05, 4.69) is 16.0 Å². The molecule has 1 atom stereocenters. The molecule has 0 heterocycles. The van der Waals surface area contributed by atoms with Gasteiger partial charge in [-0.3, -0.25) is 19.2 Å². The van der Waals surface area contributed by atoms with Crippen LogP contribution in [0, 0.1) is 0 Å². The highest BCUT2D eigenvalue weighted by molar-refractivity contribution is 5.90. The van der Waals surface area contributed by atoms with Crippen LogP contribution >= 0.6 is 0 Å². The molecule has 0 bridgehead atoms. The van der Waals surface area contributed by atoms with Gasteiger partial charge in [-0.05, 0) is 23.6 Å². The third kappa shape index (κ3) is 13.4. The van der Waals surface area contributed by atoms with Gasteiger partial charge in [0, 0.05) is 32.6 Å². The van der Waals surface area contributed by atoms with Crippen LogP contribution < -0.4 is 25.4 Å². The minimum absolute atomic E-state index is 0.0191. The number of para-hydroxylation sites is 1. The van der Waals surface area contributed by atoms with Crippen molar-refractivity contribution in [3.8, 4) is 11.5 Å². The van der Waals surface area contributed by atoms with Crippen LogP contribution in [0.1, 0.15) is 30.0 Å². The van der Waals surface area contributed by atoms with Gasteiger partial charge in [-0.1, -0.05) is 72.8 Å². The fourth-order valence-corrected chi connectivity index (χ4v) is 3.92. The summed E-state index contributed by atoms with van der Waals surface area (Å²) in [6.07, 6.45) is 0.846. The number of carbonyl (C=O) groups is 4. The lowest BCUT2D eigenvalue weighted by molar-refractivity contribution is -0.142. The molecule has 11 nitrogen and oxygen atoms in total. The predicted octanol–water partition coefficient (Wildman–Crippen LogP) is 2.95. The molecule has 0 saturated heterocycles. The van der Waals surface area contributed by atoms with Crippen LogP contribution in [0.15, 0.2) is 78.9 Å². The standard InChI is InChI=1S/C24H31N3O6.C9H10O2/c1-31-16-19(24(30)26-14-18-10-7-11-20(32-2)23(18)33-3)27-22(29)15-25-21(28)13-12-17-8-5-4-6-9-17;1-8(10)11-7-9-5-3-2-4-6-9/h4-11,19H,12-16H2,1-3H3,(H,25,28)(H,26,30)(H,27,29);2-6H,7H2,1H3. The van der Waals surface area contributed by atoms with Gasteiger partial charge in [0.25, 0.3) is 0 Å². The molecule has 0 saturated carbocycles. The van der Waals surface area contributed by atoms with Gasteiger partial charge in [-0.15, -0.1) is 0 Å². The Kier molecular flexibility index (Phi) is 16.1. The molecule has 3 N–H and O–H groups in total. The number of amides is 3. The second-order valence-electron chi connectivity index (χ2n) is 9.47. The molecule has 0 aliphatic heterocycles. The number of aryl methyl sites for hydroxylation is 1. The van der Waals surface area contributed by atoms with Crippen molar-refractivity contribution in [2.45, 2.75) is 39.0 Å². The number of ether oxygens (including phenoxy) is 4. The summed E-state index contributed by atoms with van der Waals surface area (Å²) in [6, 6.07) is 23.6. The largest absolute Gasteiger partial charge is 0.493 e. The van der Waals surface area contributed by atoms with Gasteiger partial charge in [0.05, 0.1) is 27.4 Å². The number of benzene rings is 3. The summed E-state index contributed by atoms with van der Waals surface area (Å²) in [4.78, 5) is 47.3. The number of hydrogen-bond donors (Lipinski definition) is 3. The first kappa shape index (κ1) is 35.3. The van der Waals surface area contributed by atoms with Crippen LogP contribution in [0.25, 0.3) is 0 Å². The molecule has 3 rings (SSSR count). The summed E-state index contributed by atoms with van der Waals surface area (Å²) in [6.45, 7) is 1.70. The Morgan fingerprint density at radius 1 is 0.750 bits per heavy atom. The van der Waals surface area contributed by atoms with E-state index in [1.807, 2.05) is 60.7 Å². The summed E-state index contributed by atoms with van der Waals surface area (Å²) in [5.74, 6) is -0.328. The van der Waals surface area contributed by atoms with Gasteiger partial charge < -0.3 is 34.9 Å². The summed E-state index contributed by atoms with van der Waals surface area (Å²) in [5, 5.41) is 7.92. The quantitative estimate of drug-likeness (QED) is 0.224. The first-order chi connectivity index (χ1) is 21.3. The Morgan fingerprint density at radius 2 is 1.41 bits per heavy atom. The zero-order valence-electron chi connectivity index (χ0n) is 25.6. The van der Waals surface area contributed by atoms with Crippen LogP contribution in [-0.4, -0.2) is 64.2 Å². The Labute approximate surface area is 258 Å². The average Bonchev–Trinajstić information content (AvgIpc) is 3.05. The van der Waals surface area contributed by atoms with Crippen LogP contribution in [-0.2, 0) is 48.2 Å². The van der Waals surface area contributed by atoms with E-state index in [0.29, 0.717) is 24.5 Å². The van der Waals surface area contributed by atoms with E-state index in [1.54, 1.807) is 18.2 Å². The number of rotatable bonds is 15. The smallest absolute Gasteiger partial charge is 0.302 e. The predicted molar refractivity (Wildman–Crippen MR) is 165 cm³/mol. The molecule has 44 heavy (non-hydrogen) atoms. The first-order valence-electron chi connectivity index (χ1n) is 14.0. The molecule has 0 radical (unpaired) electrons. The topological polar surface area (TPSA) is 141 Å². The molecule has 11 heteroatoms. The molecular formula is C33H41N3O8. The lowest BCUT2D eigenvalue weighted by Gasteiger charge is -2.19. The number of hydrogen-bond acceptors (Lipinski definition) is 8. The number of carbonyl (C=O) groups excluding carboxylic acids is 4. The normalized spacial score (nSPS) is 10.7. The minimum Gasteiger partial charge on any atom is -0.493 e. The molecule has 0 aromatic heterocycles. The van der Waals surface area contributed by atoms with E-state index in [9.17, 15) is 19.2 Å². The van der Waals surface area contributed by atoms with Gasteiger partial charge >= 0.3 is 5.97 Å². The Balaban J connectivity index is 0.000000514. The van der Waals surface area contributed by atoms with Crippen LogP contribution in [0.3, 0.4) is 0 Å². The zero-order valence-corrected chi connectivity index (χ0v) is 25.6. The fraction of sp³-hybridized carbons (Fsp3) is 0.333. The zero-order chi connectivity index (χ0) is 32.2. The van der Waals surface area contributed by atoms with E-state index in [0.717, 1.165) is 16.7 Å². The maximum atomic E-state index is 12.6. The van der Waals surface area contributed by atoms with Crippen molar-refractivity contribution in [2.24, 2.45) is 0 Å². The van der Waals surface area contributed by atoms with Crippen molar-refractivity contribution in [3.63, 3.8) is 0 Å². The van der Waals surface area contributed by atoms with Crippen LogP contribution in [0.4, 0.5) is 0 Å². The molecule has 0 fully saturated rings. The van der Waals surface area contributed by atoms with E-state index in [4.69, 9.17) is 18.9 Å². The molecule has 0 aliphatic rings. The third-order valence-corrected chi connectivity index (χ3v) is 6.14. The third-order valence-electron chi connectivity index (χ3n) is 6.14. The molecule has 3 aromatic rings. The molecule has 3 amide bonds. The molecule has 0 aliphatic carbocycles. The average molecular weight is 608 g/mol. The van der Waals surface area contributed by atoms with Crippen molar-refractivity contribution >= 4 is 23.7 Å². The molecular weight excluding hydrogens is 566 g/mol. The summed E-state index contributed by atoms with van der Waals surface area (Å²) < 4.78 is 20.5. The highest BCUT2D eigenvalue weighted by atomic mass is 16.5. The van der Waals surface area contributed by atoms with Crippen LogP contribution in [0.5, 0.6) is 11.5 Å². The number of esters is 1. The SMILES string of the molecule is CC(=O)OCc1ccccc1.COCC(NC(=O)CNC(=O)CCc1ccccc1)C(=O)NCc1cccc(OC)c1OC. The van der Waals surface area contributed by atoms with Gasteiger partial charge in [-0.25, -0.2) is 0 Å². The van der Waals surface area contributed by atoms with Crippen molar-refractivity contribution in [1.82, 2.24) is 16.0 Å². The minimum atomic E-state index is -0.916. The van der Waals surface area contributed by atoms with Gasteiger partial charge in [0.2, 0.25) is 17.7 Å². The molecule has 0 spiro atoms. The summed E-state index contributed by atoms with van der Waals surface area (Å²) >= 11 is 0. The lowest BCUT2D eigenvalue weighted by atomic mass is 10.1. The van der Waals surface area contributed by atoms with Crippen molar-refractivity contribution in [3.05, 3.63) is 95.6 Å². The van der Waals surface area contributed by atoms with Crippen molar-refractivity contribution in [1.29, 1.82) is 0 Å². The Morgan fingerprint density at radius 3 is 2.00 bits per heavy atom. The first-order valence-corrected chi connectivity index (χ1v) is 14.0. The lowest BCUT2D eigenvalue weighted by Crippen LogP contribution is -2.51. The number of nitrogens with one attached hydrogen (secondary N) is 3. The molecule has 3 aromatic carbocycles. The Hall–Kier alpha value is -4.90. The van der Waals surface area contributed by atoms with E-state index in [-0.39, 0.29) is 38.0 Å². The van der Waals surface area contributed by atoms with E-state index < -0.39 is 17.9 Å². The van der Waals surface area contributed by atoms with Crippen LogP contribution in [0.2, 0.25) is 0 Å². The Bertz CT molecular complexity index is 1320. The molecule has 1 unspecified atom stereocenters. The second-order valence-corrected chi connectivity index (χ2v) is 9.47. The molecule has 236 valence electrons. The van der Waals surface area contributed by atoms with Crippen molar-refractivity contribution < 1.29 is 38.1 Å². The number of methoxy groups -OCH3 is 3. The van der Waals surface area contributed by atoms with Gasteiger partial charge in [0.15, 0.2) is 11.5 Å². The van der Waals surface area contributed by atoms with Gasteiger partial charge in [-0.2, -0.15) is 0 Å². The maximum Gasteiger partial charge on any atom is 0.302 e. The highest BCUT2D eigenvalue weighted by Gasteiger charge is 2.21. The monoisotopic (exact) mass is 607 g/mol. The summed E-state index contributed by atoms with van der Waals surface area (Å²) in [5.41, 5.74) is 2.78. The van der Waals surface area contributed by atoms with E-state index >= 15 is 0 Å². The van der Waals surface area contributed by atoms with Gasteiger partial charge in [0.1, 0.15) is 12.6 Å². The van der Waals surface area contributed by atoms with Crippen molar-refractivity contribution in [2.75, 3.05) is 34.5 Å². The summed E-state index contributed by atoms with van der Waals surface area (Å²) in [7, 11) is 4.49. The fourth-order valence-electron chi connectivity index (χ4n) is 3.92. The van der Waals surface area contributed by atoms with E-state index in [1.165, 1.54) is 28.3 Å². The highest BCUT2D eigenvalue weighted by Crippen LogP contribution is 2.30. The second kappa shape index (κ2) is 20.1. The maximum absolute atomic E-state index is 12.6.